The number of thioether (sulfide) groups is 1. The van der Waals surface area contributed by atoms with Crippen molar-refractivity contribution in [2.75, 3.05) is 11.1 Å². The lowest BCUT2D eigenvalue weighted by Crippen LogP contribution is -2.22. The van der Waals surface area contributed by atoms with Crippen molar-refractivity contribution in [3.8, 4) is 0 Å². The minimum absolute atomic E-state index is 0.173. The Balaban J connectivity index is 1.94. The summed E-state index contributed by atoms with van der Waals surface area (Å²) in [5, 5.41) is 10.8. The molecule has 1 amide bonds. The van der Waals surface area contributed by atoms with E-state index in [0.29, 0.717) is 20.3 Å². The number of pyridine rings is 1. The van der Waals surface area contributed by atoms with Gasteiger partial charge in [-0.3, -0.25) is 4.79 Å². The van der Waals surface area contributed by atoms with Gasteiger partial charge in [0.15, 0.2) is 4.34 Å². The second-order valence-corrected chi connectivity index (χ2v) is 6.55. The van der Waals surface area contributed by atoms with E-state index in [1.807, 2.05) is 0 Å². The van der Waals surface area contributed by atoms with E-state index in [9.17, 15) is 4.79 Å². The topological polar surface area (TPSA) is 93.8 Å². The maximum absolute atomic E-state index is 11.9. The van der Waals surface area contributed by atoms with E-state index in [-0.39, 0.29) is 11.2 Å². The van der Waals surface area contributed by atoms with Gasteiger partial charge in [-0.1, -0.05) is 34.7 Å². The highest BCUT2D eigenvalue weighted by molar-refractivity contribution is 8.02. The van der Waals surface area contributed by atoms with Crippen LogP contribution >= 0.6 is 34.7 Å². The van der Waals surface area contributed by atoms with Gasteiger partial charge in [-0.2, -0.15) is 0 Å². The summed E-state index contributed by atoms with van der Waals surface area (Å²) >= 11 is 8.26. The maximum Gasteiger partial charge on any atom is 0.238 e. The zero-order valence-corrected chi connectivity index (χ0v) is 12.2. The lowest BCUT2D eigenvalue weighted by atomic mass is 10.4. The number of halogens is 1. The number of nitrogen functional groups attached to an aromatic ring is 1. The van der Waals surface area contributed by atoms with Gasteiger partial charge in [0.05, 0.1) is 10.3 Å². The molecule has 1 atom stereocenters. The summed E-state index contributed by atoms with van der Waals surface area (Å²) in [4.78, 5) is 15.9. The number of rotatable bonds is 4. The number of carbonyl (C=O) groups is 1. The summed E-state index contributed by atoms with van der Waals surface area (Å²) in [6.07, 6.45) is 1.47. The zero-order chi connectivity index (χ0) is 13.8. The standard InChI is InChI=1S/C10H10ClN5OS2/c1-5(18-10-16-15-9(12)19-10)8(17)14-7-3-2-6(11)4-13-7/h2-5H,1H3,(H2,12,15)(H,13,14,17). The molecule has 3 N–H and O–H groups in total. The molecule has 100 valence electrons. The average molecular weight is 316 g/mol. The predicted octanol–water partition coefficient (Wildman–Crippen LogP) is 2.29. The number of nitrogens with one attached hydrogen (secondary N) is 1. The van der Waals surface area contributed by atoms with Crippen molar-refractivity contribution in [2.45, 2.75) is 16.5 Å². The Morgan fingerprint density at radius 3 is 2.89 bits per heavy atom. The molecule has 0 bridgehead atoms. The van der Waals surface area contributed by atoms with Gasteiger partial charge >= 0.3 is 0 Å². The van der Waals surface area contributed by atoms with E-state index in [0.717, 1.165) is 0 Å². The first-order chi connectivity index (χ1) is 9.04. The highest BCUT2D eigenvalue weighted by atomic mass is 35.5. The van der Waals surface area contributed by atoms with Crippen molar-refractivity contribution in [3.05, 3.63) is 23.4 Å². The van der Waals surface area contributed by atoms with Crippen molar-refractivity contribution in [1.29, 1.82) is 0 Å². The van der Waals surface area contributed by atoms with Crippen LogP contribution in [-0.4, -0.2) is 26.3 Å². The van der Waals surface area contributed by atoms with Crippen LogP contribution in [0.5, 0.6) is 0 Å². The van der Waals surface area contributed by atoms with Crippen LogP contribution in [0.2, 0.25) is 5.02 Å². The number of amides is 1. The summed E-state index contributed by atoms with van der Waals surface area (Å²) in [5.74, 6) is 0.284. The van der Waals surface area contributed by atoms with Crippen LogP contribution in [0.3, 0.4) is 0 Å². The zero-order valence-electron chi connectivity index (χ0n) is 9.83. The van der Waals surface area contributed by atoms with E-state index in [2.05, 4.69) is 20.5 Å². The summed E-state index contributed by atoms with van der Waals surface area (Å²) in [5.41, 5.74) is 5.48. The second kappa shape index (κ2) is 6.18. The van der Waals surface area contributed by atoms with E-state index >= 15 is 0 Å². The molecule has 0 radical (unpaired) electrons. The molecule has 2 aromatic heterocycles. The van der Waals surface area contributed by atoms with Gasteiger partial charge in [-0.15, -0.1) is 10.2 Å². The average Bonchev–Trinajstić information content (AvgIpc) is 2.77. The molecule has 1 unspecified atom stereocenters. The SMILES string of the molecule is CC(Sc1nnc(N)s1)C(=O)Nc1ccc(Cl)cn1. The van der Waals surface area contributed by atoms with Crippen molar-refractivity contribution >= 4 is 51.6 Å². The molecule has 0 spiro atoms. The third-order valence-corrected chi connectivity index (χ3v) is 4.21. The molecule has 19 heavy (non-hydrogen) atoms. The lowest BCUT2D eigenvalue weighted by Gasteiger charge is -2.09. The molecule has 0 saturated heterocycles. The van der Waals surface area contributed by atoms with E-state index in [1.165, 1.54) is 29.3 Å². The molecule has 2 aromatic rings. The van der Waals surface area contributed by atoms with E-state index in [4.69, 9.17) is 17.3 Å². The van der Waals surface area contributed by atoms with Crippen LogP contribution in [0.25, 0.3) is 0 Å². The molecule has 9 heteroatoms. The fourth-order valence-electron chi connectivity index (χ4n) is 1.15. The number of nitrogens with zero attached hydrogens (tertiary/aromatic N) is 3. The van der Waals surface area contributed by atoms with Crippen LogP contribution in [0.1, 0.15) is 6.92 Å². The molecule has 0 aliphatic carbocycles. The number of hydrogen-bond acceptors (Lipinski definition) is 7. The minimum atomic E-state index is -0.329. The molecule has 0 saturated carbocycles. The largest absolute Gasteiger partial charge is 0.374 e. The molecule has 0 fully saturated rings. The quantitative estimate of drug-likeness (QED) is 0.841. The molecule has 0 aliphatic rings. The normalized spacial score (nSPS) is 12.1. The van der Waals surface area contributed by atoms with Gasteiger partial charge in [-0.05, 0) is 19.1 Å². The van der Waals surface area contributed by atoms with Crippen LogP contribution in [0.4, 0.5) is 10.9 Å². The van der Waals surface area contributed by atoms with E-state index < -0.39 is 0 Å². The highest BCUT2D eigenvalue weighted by Gasteiger charge is 2.17. The summed E-state index contributed by atoms with van der Waals surface area (Å²) < 4.78 is 0.657. The van der Waals surface area contributed by atoms with Crippen LogP contribution in [0.15, 0.2) is 22.7 Å². The monoisotopic (exact) mass is 315 g/mol. The second-order valence-electron chi connectivity index (χ2n) is 3.52. The van der Waals surface area contributed by atoms with Crippen molar-refractivity contribution < 1.29 is 4.79 Å². The molecule has 0 aromatic carbocycles. The molecule has 2 heterocycles. The van der Waals surface area contributed by atoms with Crippen molar-refractivity contribution in [1.82, 2.24) is 15.2 Å². The lowest BCUT2D eigenvalue weighted by molar-refractivity contribution is -0.115. The minimum Gasteiger partial charge on any atom is -0.374 e. The number of anilines is 2. The van der Waals surface area contributed by atoms with Crippen molar-refractivity contribution in [2.24, 2.45) is 0 Å². The van der Waals surface area contributed by atoms with Gasteiger partial charge in [0, 0.05) is 6.20 Å². The highest BCUT2D eigenvalue weighted by Crippen LogP contribution is 2.27. The Kier molecular flexibility index (Phi) is 4.56. The molecule has 0 aliphatic heterocycles. The van der Waals surface area contributed by atoms with Gasteiger partial charge in [0.1, 0.15) is 5.82 Å². The smallest absolute Gasteiger partial charge is 0.238 e. The number of hydrogen-bond donors (Lipinski definition) is 2. The van der Waals surface area contributed by atoms with Gasteiger partial charge in [0.2, 0.25) is 11.0 Å². The molecule has 2 rings (SSSR count). The maximum atomic E-state index is 11.9. The fourth-order valence-corrected chi connectivity index (χ4v) is 3.04. The van der Waals surface area contributed by atoms with Gasteiger partial charge in [-0.25, -0.2) is 4.98 Å². The Morgan fingerprint density at radius 2 is 2.32 bits per heavy atom. The van der Waals surface area contributed by atoms with Crippen LogP contribution < -0.4 is 11.1 Å². The summed E-state index contributed by atoms with van der Waals surface area (Å²) in [7, 11) is 0. The number of aromatic nitrogens is 3. The number of carbonyl (C=O) groups excluding carboxylic acids is 1. The summed E-state index contributed by atoms with van der Waals surface area (Å²) in [6, 6.07) is 3.30. The summed E-state index contributed by atoms with van der Waals surface area (Å²) in [6.45, 7) is 1.77. The Hall–Kier alpha value is -1.38. The Morgan fingerprint density at radius 1 is 1.53 bits per heavy atom. The van der Waals surface area contributed by atoms with Crippen LogP contribution in [-0.2, 0) is 4.79 Å². The number of nitrogens with two attached hydrogens (primary N) is 1. The van der Waals surface area contributed by atoms with E-state index in [1.54, 1.807) is 19.1 Å². The van der Waals surface area contributed by atoms with Crippen molar-refractivity contribution in [3.63, 3.8) is 0 Å². The third-order valence-electron chi connectivity index (χ3n) is 2.05. The Labute approximate surface area is 122 Å². The van der Waals surface area contributed by atoms with Gasteiger partial charge in [0.25, 0.3) is 0 Å². The fraction of sp³-hybridized carbons (Fsp3) is 0.200. The predicted molar refractivity (Wildman–Crippen MR) is 77.5 cm³/mol. The first-order valence-electron chi connectivity index (χ1n) is 5.22. The molecular formula is C10H10ClN5OS2. The first-order valence-corrected chi connectivity index (χ1v) is 7.30. The molecule has 6 nitrogen and oxygen atoms in total. The molecular weight excluding hydrogens is 306 g/mol. The Bertz CT molecular complexity index is 574. The third kappa shape index (κ3) is 4.05. The van der Waals surface area contributed by atoms with Crippen LogP contribution in [0, 0.1) is 0 Å². The first kappa shape index (κ1) is 14.0. The van der Waals surface area contributed by atoms with Gasteiger partial charge < -0.3 is 11.1 Å².